The average molecular weight is 268 g/mol. The van der Waals surface area contributed by atoms with Crippen molar-refractivity contribution in [3.63, 3.8) is 0 Å². The molecule has 0 aliphatic carbocycles. The van der Waals surface area contributed by atoms with Crippen LogP contribution in [0.1, 0.15) is 19.8 Å². The van der Waals surface area contributed by atoms with Gasteiger partial charge in [0.2, 0.25) is 10.0 Å². The minimum absolute atomic E-state index is 0.0872. The predicted octanol–water partition coefficient (Wildman–Crippen LogP) is -0.466. The van der Waals surface area contributed by atoms with Gasteiger partial charge in [0.15, 0.2) is 0 Å². The Bertz CT molecular complexity index is 353. The lowest BCUT2D eigenvalue weighted by atomic mass is 10.2. The molecule has 8 heteroatoms. The number of thiocarbonyl (C=S) groups is 1. The standard InChI is InChI=1S/C8H16N2O4S2/c1-3-6(8(9)15)10-16(12,13)5-4-7(11)14-2/h6,10H,3-5H2,1-2H3,(H2,9,15). The first-order valence-corrected chi connectivity index (χ1v) is 6.74. The summed E-state index contributed by atoms with van der Waals surface area (Å²) in [7, 11) is -2.36. The number of carbonyl (C=O) groups excluding carboxylic acids is 1. The van der Waals surface area contributed by atoms with E-state index in [1.54, 1.807) is 6.92 Å². The molecule has 0 bridgehead atoms. The molecule has 0 spiro atoms. The van der Waals surface area contributed by atoms with Crippen LogP contribution in [0.5, 0.6) is 0 Å². The molecule has 6 nitrogen and oxygen atoms in total. The highest BCUT2D eigenvalue weighted by atomic mass is 32.2. The van der Waals surface area contributed by atoms with Crippen molar-refractivity contribution in [3.8, 4) is 0 Å². The lowest BCUT2D eigenvalue weighted by molar-refractivity contribution is -0.140. The number of esters is 1. The number of nitrogens with one attached hydrogen (secondary N) is 1. The first kappa shape index (κ1) is 15.3. The molecule has 0 saturated carbocycles. The Morgan fingerprint density at radius 2 is 2.12 bits per heavy atom. The average Bonchev–Trinajstić information content (AvgIpc) is 2.22. The summed E-state index contributed by atoms with van der Waals surface area (Å²) in [5, 5.41) is 0. The maximum absolute atomic E-state index is 11.5. The van der Waals surface area contributed by atoms with Crippen LogP contribution < -0.4 is 10.5 Å². The lowest BCUT2D eigenvalue weighted by Gasteiger charge is -2.15. The second-order valence-electron chi connectivity index (χ2n) is 3.13. The Balaban J connectivity index is 4.34. The third kappa shape index (κ3) is 5.99. The molecule has 1 atom stereocenters. The zero-order chi connectivity index (χ0) is 12.8. The molecule has 0 saturated heterocycles. The van der Waals surface area contributed by atoms with Crippen LogP contribution >= 0.6 is 12.2 Å². The Kier molecular flexibility index (Phi) is 6.46. The smallest absolute Gasteiger partial charge is 0.306 e. The molecule has 94 valence electrons. The minimum Gasteiger partial charge on any atom is -0.469 e. The third-order valence-electron chi connectivity index (χ3n) is 1.88. The largest absolute Gasteiger partial charge is 0.469 e. The summed E-state index contributed by atoms with van der Waals surface area (Å²) in [6, 6.07) is -0.572. The molecule has 0 aliphatic rings. The topological polar surface area (TPSA) is 98.5 Å². The maximum Gasteiger partial charge on any atom is 0.306 e. The van der Waals surface area contributed by atoms with Crippen LogP contribution in [-0.2, 0) is 19.6 Å². The second-order valence-corrected chi connectivity index (χ2v) is 5.47. The Morgan fingerprint density at radius 3 is 2.50 bits per heavy atom. The predicted molar refractivity (Wildman–Crippen MR) is 64.4 cm³/mol. The summed E-state index contributed by atoms with van der Waals surface area (Å²) in [4.78, 5) is 10.9. The van der Waals surface area contributed by atoms with E-state index in [1.165, 1.54) is 7.11 Å². The number of hydrogen-bond donors (Lipinski definition) is 2. The normalized spacial score (nSPS) is 13.1. The third-order valence-corrected chi connectivity index (χ3v) is 3.55. The molecule has 0 aromatic rings. The van der Waals surface area contributed by atoms with Crippen molar-refractivity contribution in [1.29, 1.82) is 0 Å². The van der Waals surface area contributed by atoms with Crippen LogP contribution in [0.4, 0.5) is 0 Å². The van der Waals surface area contributed by atoms with Gasteiger partial charge in [-0.1, -0.05) is 19.1 Å². The van der Waals surface area contributed by atoms with E-state index in [1.807, 2.05) is 0 Å². The van der Waals surface area contributed by atoms with Gasteiger partial charge in [-0.05, 0) is 6.42 Å². The van der Waals surface area contributed by atoms with Crippen molar-refractivity contribution in [3.05, 3.63) is 0 Å². The van der Waals surface area contributed by atoms with Crippen LogP contribution in [0.25, 0.3) is 0 Å². The van der Waals surface area contributed by atoms with Gasteiger partial charge in [0.1, 0.15) is 0 Å². The quantitative estimate of drug-likeness (QED) is 0.478. The maximum atomic E-state index is 11.5. The SMILES string of the molecule is CCC(NS(=O)(=O)CCC(=O)OC)C(N)=S. The van der Waals surface area contributed by atoms with Crippen LogP contribution in [-0.4, -0.2) is 38.3 Å². The number of ether oxygens (including phenoxy) is 1. The molecule has 0 rings (SSSR count). The first-order valence-electron chi connectivity index (χ1n) is 4.68. The van der Waals surface area contributed by atoms with Crippen LogP contribution in [0.15, 0.2) is 0 Å². The molecule has 0 fully saturated rings. The zero-order valence-electron chi connectivity index (χ0n) is 9.23. The number of methoxy groups -OCH3 is 1. The van der Waals surface area contributed by atoms with Crippen LogP contribution in [0, 0.1) is 0 Å². The van der Waals surface area contributed by atoms with Gasteiger partial charge in [-0.25, -0.2) is 13.1 Å². The highest BCUT2D eigenvalue weighted by Gasteiger charge is 2.19. The van der Waals surface area contributed by atoms with Gasteiger partial charge in [-0.15, -0.1) is 0 Å². The van der Waals surface area contributed by atoms with Crippen molar-refractivity contribution >= 4 is 33.2 Å². The molecule has 0 radical (unpaired) electrons. The van der Waals surface area contributed by atoms with E-state index in [9.17, 15) is 13.2 Å². The Hall–Kier alpha value is -0.730. The molecule has 1 unspecified atom stereocenters. The minimum atomic E-state index is -3.56. The highest BCUT2D eigenvalue weighted by molar-refractivity contribution is 7.89. The van der Waals surface area contributed by atoms with E-state index in [0.29, 0.717) is 6.42 Å². The van der Waals surface area contributed by atoms with Crippen molar-refractivity contribution in [2.75, 3.05) is 12.9 Å². The van der Waals surface area contributed by atoms with Gasteiger partial charge in [0.25, 0.3) is 0 Å². The fraction of sp³-hybridized carbons (Fsp3) is 0.750. The summed E-state index contributed by atoms with van der Waals surface area (Å²) in [5.74, 6) is -0.910. The molecular weight excluding hydrogens is 252 g/mol. The van der Waals surface area contributed by atoms with Gasteiger partial charge in [0.05, 0.1) is 30.3 Å². The number of hydrogen-bond acceptors (Lipinski definition) is 5. The number of nitrogens with two attached hydrogens (primary N) is 1. The number of rotatable bonds is 7. The van der Waals surface area contributed by atoms with E-state index in [-0.39, 0.29) is 17.2 Å². The van der Waals surface area contributed by atoms with Gasteiger partial charge < -0.3 is 10.5 Å². The second kappa shape index (κ2) is 6.77. The molecule has 0 heterocycles. The van der Waals surface area contributed by atoms with Crippen LogP contribution in [0.2, 0.25) is 0 Å². The van der Waals surface area contributed by atoms with Gasteiger partial charge >= 0.3 is 5.97 Å². The van der Waals surface area contributed by atoms with E-state index < -0.39 is 22.0 Å². The molecule has 16 heavy (non-hydrogen) atoms. The summed E-state index contributed by atoms with van der Waals surface area (Å²) >= 11 is 4.70. The summed E-state index contributed by atoms with van der Waals surface area (Å²) in [6.45, 7) is 1.76. The number of sulfonamides is 1. The molecule has 3 N–H and O–H groups in total. The van der Waals surface area contributed by atoms with Crippen molar-refractivity contribution in [2.24, 2.45) is 5.73 Å². The van der Waals surface area contributed by atoms with E-state index in [0.717, 1.165) is 0 Å². The molecular formula is C8H16N2O4S2. The van der Waals surface area contributed by atoms with Gasteiger partial charge in [-0.2, -0.15) is 0 Å². The molecule has 0 aromatic heterocycles. The van der Waals surface area contributed by atoms with Gasteiger partial charge in [0, 0.05) is 0 Å². The van der Waals surface area contributed by atoms with E-state index in [4.69, 9.17) is 18.0 Å². The fourth-order valence-electron chi connectivity index (χ4n) is 0.938. The van der Waals surface area contributed by atoms with Gasteiger partial charge in [-0.3, -0.25) is 4.79 Å². The van der Waals surface area contributed by atoms with E-state index >= 15 is 0 Å². The van der Waals surface area contributed by atoms with Crippen LogP contribution in [0.3, 0.4) is 0 Å². The van der Waals surface area contributed by atoms with E-state index in [2.05, 4.69) is 9.46 Å². The Morgan fingerprint density at radius 1 is 1.56 bits per heavy atom. The monoisotopic (exact) mass is 268 g/mol. The fourth-order valence-corrected chi connectivity index (χ4v) is 2.52. The van der Waals surface area contributed by atoms with Crippen molar-refractivity contribution in [1.82, 2.24) is 4.72 Å². The van der Waals surface area contributed by atoms with Crippen molar-refractivity contribution < 1.29 is 17.9 Å². The Labute approximate surface area is 101 Å². The lowest BCUT2D eigenvalue weighted by Crippen LogP contribution is -2.44. The molecule has 0 aromatic carbocycles. The molecule has 0 amide bonds. The number of carbonyl (C=O) groups is 1. The summed E-state index contributed by atoms with van der Waals surface area (Å²) < 4.78 is 29.6. The molecule has 0 aliphatic heterocycles. The highest BCUT2D eigenvalue weighted by Crippen LogP contribution is 1.98. The first-order chi connectivity index (χ1) is 7.32. The zero-order valence-corrected chi connectivity index (χ0v) is 10.9. The summed E-state index contributed by atoms with van der Waals surface area (Å²) in [5.41, 5.74) is 5.35. The summed E-state index contributed by atoms with van der Waals surface area (Å²) in [6.07, 6.45) is 0.270. The van der Waals surface area contributed by atoms with Crippen molar-refractivity contribution in [2.45, 2.75) is 25.8 Å².